The van der Waals surface area contributed by atoms with Crippen LogP contribution >= 0.6 is 0 Å². The Morgan fingerprint density at radius 3 is 2.55 bits per heavy atom. The van der Waals surface area contributed by atoms with E-state index in [1.807, 2.05) is 27.9 Å². The van der Waals surface area contributed by atoms with Crippen molar-refractivity contribution in [2.24, 2.45) is 0 Å². The van der Waals surface area contributed by atoms with Crippen molar-refractivity contribution in [3.05, 3.63) is 11.8 Å². The average Bonchev–Trinajstić information content (AvgIpc) is 2.64. The fraction of sp³-hybridized carbons (Fsp3) is 0.643. The summed E-state index contributed by atoms with van der Waals surface area (Å²) in [5.41, 5.74) is 6.12. The zero-order chi connectivity index (χ0) is 14.9. The Bertz CT molecular complexity index is 510. The van der Waals surface area contributed by atoms with Crippen molar-refractivity contribution in [2.45, 2.75) is 32.1 Å². The van der Waals surface area contributed by atoms with Gasteiger partial charge in [0.2, 0.25) is 11.9 Å². The van der Waals surface area contributed by atoms with E-state index in [4.69, 9.17) is 5.73 Å². The first-order valence-electron chi connectivity index (χ1n) is 7.06. The zero-order valence-corrected chi connectivity index (χ0v) is 12.7. The number of carbonyl (C=O) groups excluding carboxylic acids is 1. The van der Waals surface area contributed by atoms with E-state index in [1.165, 1.54) is 0 Å². The number of aromatic nitrogens is 2. The van der Waals surface area contributed by atoms with Crippen LogP contribution in [0, 0.1) is 0 Å². The van der Waals surface area contributed by atoms with Crippen molar-refractivity contribution in [1.82, 2.24) is 14.9 Å². The molecule has 1 amide bonds. The SMILES string of the molecule is CCC1(CC)C(=O)N(CCN(C)C)c2nc(N)ncc21. The minimum Gasteiger partial charge on any atom is -0.368 e. The molecule has 2 rings (SSSR count). The highest BCUT2D eigenvalue weighted by molar-refractivity contribution is 6.07. The molecule has 2 N–H and O–H groups in total. The molecule has 0 spiro atoms. The summed E-state index contributed by atoms with van der Waals surface area (Å²) in [6, 6.07) is 0. The van der Waals surface area contributed by atoms with Gasteiger partial charge in [-0.05, 0) is 26.9 Å². The summed E-state index contributed by atoms with van der Waals surface area (Å²) < 4.78 is 0. The number of hydrogen-bond donors (Lipinski definition) is 1. The number of hydrogen-bond acceptors (Lipinski definition) is 5. The molecule has 110 valence electrons. The highest BCUT2D eigenvalue weighted by atomic mass is 16.2. The van der Waals surface area contributed by atoms with Gasteiger partial charge in [0.25, 0.3) is 0 Å². The second-order valence-electron chi connectivity index (χ2n) is 5.51. The fourth-order valence-electron chi connectivity index (χ4n) is 2.84. The van der Waals surface area contributed by atoms with Crippen LogP contribution in [0.2, 0.25) is 0 Å². The lowest BCUT2D eigenvalue weighted by Crippen LogP contribution is -2.42. The normalized spacial score (nSPS) is 16.9. The maximum absolute atomic E-state index is 12.9. The molecule has 2 heterocycles. The van der Waals surface area contributed by atoms with Gasteiger partial charge in [-0.3, -0.25) is 9.69 Å². The number of fused-ring (bicyclic) bond motifs is 1. The third-order valence-corrected chi connectivity index (χ3v) is 4.19. The van der Waals surface area contributed by atoms with E-state index in [1.54, 1.807) is 11.1 Å². The van der Waals surface area contributed by atoms with E-state index in [-0.39, 0.29) is 11.9 Å². The molecule has 1 aromatic rings. The number of anilines is 2. The lowest BCUT2D eigenvalue weighted by atomic mass is 9.78. The first-order chi connectivity index (χ1) is 9.46. The predicted octanol–water partition coefficient (Wildman–Crippen LogP) is 1.02. The molecule has 1 aromatic heterocycles. The Kier molecular flexibility index (Phi) is 3.94. The molecule has 0 radical (unpaired) electrons. The third kappa shape index (κ3) is 2.14. The molecular formula is C14H23N5O. The molecule has 1 aliphatic rings. The highest BCUT2D eigenvalue weighted by Gasteiger charge is 2.49. The minimum absolute atomic E-state index is 0.124. The molecule has 0 saturated heterocycles. The number of carbonyl (C=O) groups is 1. The van der Waals surface area contributed by atoms with Gasteiger partial charge in [-0.1, -0.05) is 13.8 Å². The molecule has 0 fully saturated rings. The van der Waals surface area contributed by atoms with Gasteiger partial charge in [-0.25, -0.2) is 4.98 Å². The molecule has 0 saturated carbocycles. The lowest BCUT2D eigenvalue weighted by molar-refractivity contribution is -0.123. The maximum Gasteiger partial charge on any atom is 0.239 e. The summed E-state index contributed by atoms with van der Waals surface area (Å²) in [6.45, 7) is 5.49. The quantitative estimate of drug-likeness (QED) is 0.870. The van der Waals surface area contributed by atoms with Crippen molar-refractivity contribution in [3.63, 3.8) is 0 Å². The zero-order valence-electron chi connectivity index (χ0n) is 12.7. The van der Waals surface area contributed by atoms with Crippen molar-refractivity contribution in [2.75, 3.05) is 37.8 Å². The smallest absolute Gasteiger partial charge is 0.239 e. The Morgan fingerprint density at radius 1 is 1.35 bits per heavy atom. The van der Waals surface area contributed by atoms with E-state index in [2.05, 4.69) is 14.9 Å². The van der Waals surface area contributed by atoms with Crippen molar-refractivity contribution < 1.29 is 4.79 Å². The summed E-state index contributed by atoms with van der Waals surface area (Å²) in [5.74, 6) is 1.03. The summed E-state index contributed by atoms with van der Waals surface area (Å²) in [5, 5.41) is 0. The first-order valence-corrected chi connectivity index (χ1v) is 7.06. The summed E-state index contributed by atoms with van der Waals surface area (Å²) >= 11 is 0. The number of rotatable bonds is 5. The van der Waals surface area contributed by atoms with Crippen LogP contribution in [0.25, 0.3) is 0 Å². The summed E-state index contributed by atoms with van der Waals surface area (Å²) in [7, 11) is 3.98. The van der Waals surface area contributed by atoms with Gasteiger partial charge in [-0.15, -0.1) is 0 Å². The Hall–Kier alpha value is -1.69. The van der Waals surface area contributed by atoms with E-state index >= 15 is 0 Å². The van der Waals surface area contributed by atoms with Crippen LogP contribution in [0.5, 0.6) is 0 Å². The standard InChI is InChI=1S/C14H23N5O/c1-5-14(6-2)10-9-16-13(15)17-11(10)19(12(14)20)8-7-18(3)4/h9H,5-8H2,1-4H3,(H2,15,16,17). The maximum atomic E-state index is 12.9. The topological polar surface area (TPSA) is 75.4 Å². The Balaban J connectivity index is 2.46. The van der Waals surface area contributed by atoms with Gasteiger partial charge in [0.15, 0.2) is 0 Å². The van der Waals surface area contributed by atoms with E-state index in [9.17, 15) is 4.79 Å². The number of likely N-dealkylation sites (N-methyl/N-ethyl adjacent to an activating group) is 1. The first kappa shape index (κ1) is 14.7. The summed E-state index contributed by atoms with van der Waals surface area (Å²) in [6.07, 6.45) is 3.22. The monoisotopic (exact) mass is 277 g/mol. The average molecular weight is 277 g/mol. The van der Waals surface area contributed by atoms with Crippen LogP contribution in [-0.4, -0.2) is 48.0 Å². The summed E-state index contributed by atoms with van der Waals surface area (Å²) in [4.78, 5) is 25.1. The molecule has 0 atom stereocenters. The number of nitrogen functional groups attached to an aromatic ring is 1. The molecule has 6 heteroatoms. The lowest BCUT2D eigenvalue weighted by Gasteiger charge is -2.26. The Morgan fingerprint density at radius 2 is 2.00 bits per heavy atom. The minimum atomic E-state index is -0.491. The van der Waals surface area contributed by atoms with E-state index in [0.29, 0.717) is 12.4 Å². The van der Waals surface area contributed by atoms with Crippen molar-refractivity contribution in [3.8, 4) is 0 Å². The van der Waals surface area contributed by atoms with Crippen LogP contribution in [0.3, 0.4) is 0 Å². The van der Waals surface area contributed by atoms with E-state index in [0.717, 1.165) is 24.9 Å². The molecule has 0 aromatic carbocycles. The second-order valence-corrected chi connectivity index (χ2v) is 5.51. The fourth-order valence-corrected chi connectivity index (χ4v) is 2.84. The van der Waals surface area contributed by atoms with Crippen LogP contribution in [0.4, 0.5) is 11.8 Å². The van der Waals surface area contributed by atoms with Gasteiger partial charge in [0.1, 0.15) is 5.82 Å². The van der Waals surface area contributed by atoms with Crippen LogP contribution in [0.15, 0.2) is 6.20 Å². The van der Waals surface area contributed by atoms with Gasteiger partial charge >= 0.3 is 0 Å². The Labute approximate surface area is 120 Å². The van der Waals surface area contributed by atoms with Gasteiger partial charge in [-0.2, -0.15) is 4.98 Å². The molecule has 6 nitrogen and oxygen atoms in total. The van der Waals surface area contributed by atoms with Crippen LogP contribution in [-0.2, 0) is 10.2 Å². The molecular weight excluding hydrogens is 254 g/mol. The number of amides is 1. The van der Waals surface area contributed by atoms with Crippen molar-refractivity contribution >= 4 is 17.7 Å². The van der Waals surface area contributed by atoms with Crippen LogP contribution < -0.4 is 10.6 Å². The number of nitrogens with zero attached hydrogens (tertiary/aromatic N) is 4. The van der Waals surface area contributed by atoms with Gasteiger partial charge in [0, 0.05) is 24.8 Å². The number of nitrogens with two attached hydrogens (primary N) is 1. The molecule has 1 aliphatic heterocycles. The predicted molar refractivity (Wildman–Crippen MR) is 79.6 cm³/mol. The van der Waals surface area contributed by atoms with E-state index < -0.39 is 5.41 Å². The molecule has 0 bridgehead atoms. The molecule has 20 heavy (non-hydrogen) atoms. The largest absolute Gasteiger partial charge is 0.368 e. The van der Waals surface area contributed by atoms with Gasteiger partial charge in [0.05, 0.1) is 5.41 Å². The van der Waals surface area contributed by atoms with Crippen molar-refractivity contribution in [1.29, 1.82) is 0 Å². The molecule has 0 aliphatic carbocycles. The van der Waals surface area contributed by atoms with Crippen LogP contribution in [0.1, 0.15) is 32.3 Å². The second kappa shape index (κ2) is 5.36. The van der Waals surface area contributed by atoms with Gasteiger partial charge < -0.3 is 10.6 Å². The highest BCUT2D eigenvalue weighted by Crippen LogP contribution is 2.44. The third-order valence-electron chi connectivity index (χ3n) is 4.19. The molecule has 0 unspecified atom stereocenters.